The standard InChI is InChI=1S/C14H13N5O3.Zn/c20-13(11-5-10-9(18-11)2-1-3-16-10)19-12(14(21)22)4-8-6-15-7-17-8;/h1-3,6-7,12H,4-5H2,(H,15,17)(H,19,20)(H,21,22);/q;+2/p-2. The van der Waals surface area contributed by atoms with E-state index < -0.39 is 17.9 Å². The quantitative estimate of drug-likeness (QED) is 0.395. The number of carbonyl (C=O) groups is 1. The van der Waals surface area contributed by atoms with E-state index >= 15 is 0 Å². The first-order valence-corrected chi connectivity index (χ1v) is 6.58. The zero-order valence-electron chi connectivity index (χ0n) is 12.1. The summed E-state index contributed by atoms with van der Waals surface area (Å²) in [6, 6.07) is 2.17. The minimum Gasteiger partial charge on any atom is -0.858 e. The van der Waals surface area contributed by atoms with Gasteiger partial charge in [-0.1, -0.05) is 0 Å². The Labute approximate surface area is 144 Å². The van der Waals surface area contributed by atoms with Gasteiger partial charge in [-0.05, 0) is 12.1 Å². The molecule has 0 aromatic carbocycles. The number of H-pyrrole nitrogens is 1. The fourth-order valence-corrected chi connectivity index (χ4v) is 2.14. The number of carboxylic acid groups (broad SMARTS) is 1. The molecule has 1 unspecified atom stereocenters. The van der Waals surface area contributed by atoms with Gasteiger partial charge >= 0.3 is 19.5 Å². The first-order valence-electron chi connectivity index (χ1n) is 6.58. The summed E-state index contributed by atoms with van der Waals surface area (Å²) in [5, 5.41) is 23.3. The maximum absolute atomic E-state index is 12.1. The van der Waals surface area contributed by atoms with Crippen molar-refractivity contribution in [1.82, 2.24) is 15.0 Å². The minimum atomic E-state index is -1.42. The first-order chi connectivity index (χ1) is 10.6. The second-order valence-electron chi connectivity index (χ2n) is 4.75. The molecule has 2 aromatic rings. The average Bonchev–Trinajstić information content (AvgIpc) is 3.15. The number of aliphatic carboxylic acids is 1. The van der Waals surface area contributed by atoms with Gasteiger partial charge < -0.3 is 20.0 Å². The summed E-state index contributed by atoms with van der Waals surface area (Å²) in [6.45, 7) is 0. The summed E-state index contributed by atoms with van der Waals surface area (Å²) < 4.78 is 0. The summed E-state index contributed by atoms with van der Waals surface area (Å²) in [6.07, 6.45) is 4.77. The summed E-state index contributed by atoms with van der Waals surface area (Å²) >= 11 is 0. The first kappa shape index (κ1) is 17.0. The SMILES string of the molecule is O=C([O-])C(Cc1cnc[nH]1)N=C([O-])C1=Nc2cccnc2C1.[Zn+2]. The van der Waals surface area contributed by atoms with E-state index in [0.29, 0.717) is 17.1 Å². The second-order valence-corrected chi connectivity index (χ2v) is 4.75. The van der Waals surface area contributed by atoms with Crippen LogP contribution < -0.4 is 10.2 Å². The third-order valence-corrected chi connectivity index (χ3v) is 3.22. The number of aliphatic imine (C=N–C) groups is 2. The predicted molar refractivity (Wildman–Crippen MR) is 73.6 cm³/mol. The van der Waals surface area contributed by atoms with Crippen LogP contribution in [-0.4, -0.2) is 38.6 Å². The number of fused-ring (bicyclic) bond motifs is 1. The number of hydrogen-bond donors (Lipinski definition) is 1. The molecule has 3 heterocycles. The van der Waals surface area contributed by atoms with E-state index in [4.69, 9.17) is 0 Å². The molecule has 23 heavy (non-hydrogen) atoms. The van der Waals surface area contributed by atoms with Crippen molar-refractivity contribution in [1.29, 1.82) is 0 Å². The van der Waals surface area contributed by atoms with Crippen LogP contribution in [0.25, 0.3) is 0 Å². The average molecular weight is 363 g/mol. The third-order valence-electron chi connectivity index (χ3n) is 3.22. The smallest absolute Gasteiger partial charge is 0.858 e. The molecule has 112 valence electrons. The van der Waals surface area contributed by atoms with Gasteiger partial charge in [-0.25, -0.2) is 4.98 Å². The summed E-state index contributed by atoms with van der Waals surface area (Å²) in [5.74, 6) is -2.08. The van der Waals surface area contributed by atoms with Gasteiger partial charge in [0.15, 0.2) is 0 Å². The van der Waals surface area contributed by atoms with Crippen molar-refractivity contribution in [2.75, 3.05) is 0 Å². The molecule has 0 saturated carbocycles. The van der Waals surface area contributed by atoms with Crippen molar-refractivity contribution in [2.45, 2.75) is 18.9 Å². The van der Waals surface area contributed by atoms with Gasteiger partial charge in [0.05, 0.1) is 35.4 Å². The van der Waals surface area contributed by atoms with Crippen LogP contribution in [0.3, 0.4) is 0 Å². The Morgan fingerprint density at radius 3 is 2.91 bits per heavy atom. The maximum atomic E-state index is 12.1. The van der Waals surface area contributed by atoms with E-state index in [0.717, 1.165) is 0 Å². The summed E-state index contributed by atoms with van der Waals surface area (Å²) in [4.78, 5) is 29.7. The van der Waals surface area contributed by atoms with Crippen LogP contribution in [0.1, 0.15) is 11.4 Å². The summed E-state index contributed by atoms with van der Waals surface area (Å²) in [7, 11) is 0. The molecule has 1 aliphatic rings. The Kier molecular flexibility index (Phi) is 5.34. The molecule has 0 aliphatic carbocycles. The van der Waals surface area contributed by atoms with Crippen molar-refractivity contribution in [2.24, 2.45) is 9.98 Å². The zero-order chi connectivity index (χ0) is 15.5. The van der Waals surface area contributed by atoms with E-state index in [-0.39, 0.29) is 38.0 Å². The second kappa shape index (κ2) is 7.24. The Hall–Kier alpha value is -2.41. The molecule has 1 N–H and O–H groups in total. The molecule has 1 aliphatic heterocycles. The topological polar surface area (TPSA) is 129 Å². The molecule has 0 fully saturated rings. The number of aromatic nitrogens is 3. The van der Waals surface area contributed by atoms with Crippen molar-refractivity contribution in [3.8, 4) is 0 Å². The fraction of sp³-hybridized carbons (Fsp3) is 0.214. The molecule has 2 aromatic heterocycles. The van der Waals surface area contributed by atoms with Crippen LogP contribution in [0.2, 0.25) is 0 Å². The van der Waals surface area contributed by atoms with E-state index in [1.165, 1.54) is 12.5 Å². The molecule has 9 heteroatoms. The minimum absolute atomic E-state index is 0. The van der Waals surface area contributed by atoms with Crippen LogP contribution >= 0.6 is 0 Å². The largest absolute Gasteiger partial charge is 2.00 e. The van der Waals surface area contributed by atoms with Crippen molar-refractivity contribution < 1.29 is 34.5 Å². The number of imidazole rings is 1. The molecule has 1 atom stereocenters. The molecule has 0 saturated heterocycles. The van der Waals surface area contributed by atoms with Crippen LogP contribution in [0.15, 0.2) is 40.8 Å². The molecule has 3 rings (SSSR count). The molecule has 0 amide bonds. The van der Waals surface area contributed by atoms with E-state index in [1.54, 1.807) is 18.3 Å². The van der Waals surface area contributed by atoms with E-state index in [2.05, 4.69) is 24.9 Å². The number of rotatable bonds is 5. The fourth-order valence-electron chi connectivity index (χ4n) is 2.14. The number of aromatic amines is 1. The number of pyridine rings is 1. The zero-order valence-corrected chi connectivity index (χ0v) is 15.1. The molecular weight excluding hydrogens is 352 g/mol. The van der Waals surface area contributed by atoms with Gasteiger partial charge in [0.2, 0.25) is 0 Å². The maximum Gasteiger partial charge on any atom is 2.00 e. The number of carbonyl (C=O) groups excluding carboxylic acids is 1. The summed E-state index contributed by atoms with van der Waals surface area (Å²) in [5.41, 5.74) is 2.04. The third kappa shape index (κ3) is 3.87. The van der Waals surface area contributed by atoms with Gasteiger partial charge in [-0.15, -0.1) is 0 Å². The Morgan fingerprint density at radius 1 is 1.43 bits per heavy atom. The van der Waals surface area contributed by atoms with Crippen molar-refractivity contribution in [3.63, 3.8) is 0 Å². The predicted octanol–water partition coefficient (Wildman–Crippen LogP) is -1.45. The van der Waals surface area contributed by atoms with Crippen molar-refractivity contribution in [3.05, 3.63) is 42.2 Å². The monoisotopic (exact) mass is 361 g/mol. The molecule has 8 nitrogen and oxygen atoms in total. The van der Waals surface area contributed by atoms with Crippen LogP contribution in [0, 0.1) is 0 Å². The van der Waals surface area contributed by atoms with E-state index in [9.17, 15) is 15.0 Å². The number of carboxylic acids is 1. The van der Waals surface area contributed by atoms with Gasteiger partial charge in [0.25, 0.3) is 0 Å². The van der Waals surface area contributed by atoms with Crippen LogP contribution in [0.5, 0.6) is 0 Å². The van der Waals surface area contributed by atoms with E-state index in [1.807, 2.05) is 0 Å². The van der Waals surface area contributed by atoms with Gasteiger partial charge in [-0.2, -0.15) is 0 Å². The normalized spacial score (nSPS) is 14.6. The molecule has 0 bridgehead atoms. The van der Waals surface area contributed by atoms with Crippen LogP contribution in [-0.2, 0) is 37.1 Å². The van der Waals surface area contributed by atoms with Gasteiger partial charge in [-0.3, -0.25) is 15.0 Å². The van der Waals surface area contributed by atoms with Gasteiger partial charge in [0, 0.05) is 36.8 Å². The van der Waals surface area contributed by atoms with Gasteiger partial charge in [0.1, 0.15) is 0 Å². The Morgan fingerprint density at radius 2 is 2.26 bits per heavy atom. The molecule has 0 spiro atoms. The number of nitrogens with one attached hydrogen (secondary N) is 1. The number of nitrogens with zero attached hydrogens (tertiary/aromatic N) is 4. The Balaban J connectivity index is 0.00000192. The van der Waals surface area contributed by atoms with Crippen LogP contribution in [0.4, 0.5) is 5.69 Å². The molecule has 0 radical (unpaired) electrons. The molecular formula is C14H11N5O3Zn. The van der Waals surface area contributed by atoms with Crippen molar-refractivity contribution >= 4 is 23.3 Å². The number of hydrogen-bond acceptors (Lipinski definition) is 7. The Bertz CT molecular complexity index is 758.